The van der Waals surface area contributed by atoms with Gasteiger partial charge in [0.1, 0.15) is 0 Å². The van der Waals surface area contributed by atoms with Crippen molar-refractivity contribution in [3.05, 3.63) is 64.1 Å². The fourth-order valence-corrected chi connectivity index (χ4v) is 3.67. The summed E-state index contributed by atoms with van der Waals surface area (Å²) < 4.78 is 0.940. The van der Waals surface area contributed by atoms with Crippen molar-refractivity contribution in [3.8, 4) is 0 Å². The molecule has 3 nitrogen and oxygen atoms in total. The molecule has 0 bridgehead atoms. The van der Waals surface area contributed by atoms with Crippen LogP contribution < -0.4 is 5.32 Å². The molecular formula is C19H17BrN2OS. The highest BCUT2D eigenvalue weighted by Gasteiger charge is 2.08. The van der Waals surface area contributed by atoms with Crippen LogP contribution in [0, 0.1) is 13.8 Å². The molecule has 1 aromatic heterocycles. The third-order valence-corrected chi connectivity index (χ3v) is 5.09. The zero-order valence-corrected chi connectivity index (χ0v) is 15.9. The first-order chi connectivity index (χ1) is 11.5. The number of para-hydroxylation sites is 1. The molecule has 1 heterocycles. The molecule has 0 saturated heterocycles. The summed E-state index contributed by atoms with van der Waals surface area (Å²) >= 11 is 4.85. The Bertz CT molecular complexity index is 911. The molecule has 0 saturated carbocycles. The molecule has 1 amide bonds. The Morgan fingerprint density at radius 2 is 1.92 bits per heavy atom. The number of hydrogen-bond donors (Lipinski definition) is 1. The number of benzene rings is 2. The van der Waals surface area contributed by atoms with Gasteiger partial charge in [-0.1, -0.05) is 52.0 Å². The van der Waals surface area contributed by atoms with Gasteiger partial charge in [-0.05, 0) is 49.2 Å². The maximum Gasteiger partial charge on any atom is 0.234 e. The summed E-state index contributed by atoms with van der Waals surface area (Å²) in [5.74, 6) is 0.290. The van der Waals surface area contributed by atoms with Crippen LogP contribution in [-0.2, 0) is 4.79 Å². The van der Waals surface area contributed by atoms with Gasteiger partial charge in [-0.3, -0.25) is 4.79 Å². The number of nitrogens with zero attached hydrogens (tertiary/aromatic N) is 1. The van der Waals surface area contributed by atoms with E-state index in [0.717, 1.165) is 31.7 Å². The number of anilines is 1. The lowest BCUT2D eigenvalue weighted by Crippen LogP contribution is -2.14. The number of amides is 1. The van der Waals surface area contributed by atoms with Crippen LogP contribution in [-0.4, -0.2) is 16.6 Å². The smallest absolute Gasteiger partial charge is 0.234 e. The highest BCUT2D eigenvalue weighted by Crippen LogP contribution is 2.25. The monoisotopic (exact) mass is 400 g/mol. The molecule has 0 aliphatic heterocycles. The predicted octanol–water partition coefficient (Wildman–Crippen LogP) is 5.34. The van der Waals surface area contributed by atoms with Gasteiger partial charge in [0.05, 0.1) is 16.3 Å². The molecule has 0 atom stereocenters. The lowest BCUT2D eigenvalue weighted by Gasteiger charge is -2.09. The van der Waals surface area contributed by atoms with Gasteiger partial charge in [0.25, 0.3) is 0 Å². The summed E-state index contributed by atoms with van der Waals surface area (Å²) in [7, 11) is 0. The zero-order valence-electron chi connectivity index (χ0n) is 13.5. The maximum absolute atomic E-state index is 12.1. The molecule has 24 heavy (non-hydrogen) atoms. The lowest BCUT2D eigenvalue weighted by molar-refractivity contribution is -0.113. The molecule has 0 spiro atoms. The van der Waals surface area contributed by atoms with Gasteiger partial charge in [-0.15, -0.1) is 0 Å². The number of pyridine rings is 1. The minimum atomic E-state index is -0.0394. The third kappa shape index (κ3) is 3.97. The summed E-state index contributed by atoms with van der Waals surface area (Å²) in [4.78, 5) is 16.8. The van der Waals surface area contributed by atoms with Crippen LogP contribution in [0.1, 0.15) is 11.1 Å². The van der Waals surface area contributed by atoms with Crippen molar-refractivity contribution < 1.29 is 4.79 Å². The zero-order chi connectivity index (χ0) is 17.1. The van der Waals surface area contributed by atoms with E-state index in [1.54, 1.807) is 0 Å². The van der Waals surface area contributed by atoms with Crippen molar-refractivity contribution in [2.24, 2.45) is 0 Å². The second-order valence-electron chi connectivity index (χ2n) is 5.60. The Balaban J connectivity index is 1.71. The van der Waals surface area contributed by atoms with E-state index in [1.807, 2.05) is 36.4 Å². The van der Waals surface area contributed by atoms with E-state index < -0.39 is 0 Å². The number of aromatic nitrogens is 1. The van der Waals surface area contributed by atoms with E-state index >= 15 is 0 Å². The van der Waals surface area contributed by atoms with Crippen LogP contribution in [0.5, 0.6) is 0 Å². The number of nitrogens with one attached hydrogen (secondary N) is 1. The molecule has 122 valence electrons. The van der Waals surface area contributed by atoms with Crippen molar-refractivity contribution in [3.63, 3.8) is 0 Å². The van der Waals surface area contributed by atoms with Gasteiger partial charge in [-0.2, -0.15) is 0 Å². The Hall–Kier alpha value is -1.85. The highest BCUT2D eigenvalue weighted by atomic mass is 79.9. The minimum Gasteiger partial charge on any atom is -0.325 e. The predicted molar refractivity (Wildman–Crippen MR) is 105 cm³/mol. The second-order valence-corrected chi connectivity index (χ2v) is 7.51. The van der Waals surface area contributed by atoms with E-state index in [2.05, 4.69) is 47.2 Å². The normalized spacial score (nSPS) is 10.8. The molecule has 0 unspecified atom stereocenters. The molecule has 3 rings (SSSR count). The van der Waals surface area contributed by atoms with Crippen LogP contribution in [0.15, 0.2) is 58.0 Å². The van der Waals surface area contributed by atoms with E-state index in [1.165, 1.54) is 17.3 Å². The van der Waals surface area contributed by atoms with Crippen LogP contribution in [0.2, 0.25) is 0 Å². The van der Waals surface area contributed by atoms with Crippen molar-refractivity contribution in [2.75, 3.05) is 11.1 Å². The Labute approximate surface area is 154 Å². The summed E-state index contributed by atoms with van der Waals surface area (Å²) in [5, 5.41) is 4.94. The first-order valence-corrected chi connectivity index (χ1v) is 9.36. The molecule has 0 aliphatic rings. The van der Waals surface area contributed by atoms with Crippen molar-refractivity contribution in [1.82, 2.24) is 4.98 Å². The van der Waals surface area contributed by atoms with E-state index in [-0.39, 0.29) is 5.91 Å². The van der Waals surface area contributed by atoms with Gasteiger partial charge in [0.15, 0.2) is 0 Å². The van der Waals surface area contributed by atoms with Crippen molar-refractivity contribution in [1.29, 1.82) is 0 Å². The maximum atomic E-state index is 12.1. The number of fused-ring (bicyclic) bond motifs is 1. The van der Waals surface area contributed by atoms with Crippen LogP contribution in [0.4, 0.5) is 5.69 Å². The number of thioether (sulfide) groups is 1. The summed E-state index contributed by atoms with van der Waals surface area (Å²) in [5.41, 5.74) is 4.12. The van der Waals surface area contributed by atoms with E-state index in [0.29, 0.717) is 5.75 Å². The van der Waals surface area contributed by atoms with Crippen molar-refractivity contribution >= 4 is 50.2 Å². The first kappa shape index (κ1) is 17.0. The minimum absolute atomic E-state index is 0.0394. The number of rotatable bonds is 4. The standard InChI is InChI=1S/C19H17BrN2OS/c1-12-5-3-8-16-13(2)9-18(22-19(12)16)24-11-17(23)21-15-7-4-6-14(20)10-15/h3-10H,11H2,1-2H3,(H,21,23). The van der Waals surface area contributed by atoms with Crippen LogP contribution in [0.3, 0.4) is 0 Å². The van der Waals surface area contributed by atoms with Crippen molar-refractivity contribution in [2.45, 2.75) is 18.9 Å². The summed E-state index contributed by atoms with van der Waals surface area (Å²) in [6.45, 7) is 4.14. The van der Waals surface area contributed by atoms with E-state index in [4.69, 9.17) is 4.98 Å². The Kier molecular flexibility index (Phi) is 5.21. The van der Waals surface area contributed by atoms with Gasteiger partial charge in [0, 0.05) is 15.5 Å². The average molecular weight is 401 g/mol. The summed E-state index contributed by atoms with van der Waals surface area (Å²) in [6.07, 6.45) is 0. The number of carbonyl (C=O) groups is 1. The Morgan fingerprint density at radius 1 is 1.12 bits per heavy atom. The van der Waals surface area contributed by atoms with Gasteiger partial charge < -0.3 is 5.32 Å². The second kappa shape index (κ2) is 7.36. The SMILES string of the molecule is Cc1cc(SCC(=O)Nc2cccc(Br)c2)nc2c(C)cccc12. The Morgan fingerprint density at radius 3 is 2.71 bits per heavy atom. The fraction of sp³-hybridized carbons (Fsp3) is 0.158. The number of aryl methyl sites for hydroxylation is 2. The van der Waals surface area contributed by atoms with Gasteiger partial charge >= 0.3 is 0 Å². The molecule has 0 aliphatic carbocycles. The molecule has 0 fully saturated rings. The highest BCUT2D eigenvalue weighted by molar-refractivity contribution is 9.10. The third-order valence-electron chi connectivity index (χ3n) is 3.68. The van der Waals surface area contributed by atoms with Crippen LogP contribution in [0.25, 0.3) is 10.9 Å². The molecular weight excluding hydrogens is 384 g/mol. The van der Waals surface area contributed by atoms with Gasteiger partial charge in [-0.25, -0.2) is 4.98 Å². The van der Waals surface area contributed by atoms with Gasteiger partial charge in [0.2, 0.25) is 5.91 Å². The van der Waals surface area contributed by atoms with Crippen LogP contribution >= 0.6 is 27.7 Å². The lowest BCUT2D eigenvalue weighted by atomic mass is 10.1. The van der Waals surface area contributed by atoms with E-state index in [9.17, 15) is 4.79 Å². The molecule has 1 N–H and O–H groups in total. The summed E-state index contributed by atoms with van der Waals surface area (Å²) in [6, 6.07) is 15.8. The average Bonchev–Trinajstić information content (AvgIpc) is 2.54. The fourth-order valence-electron chi connectivity index (χ4n) is 2.51. The largest absolute Gasteiger partial charge is 0.325 e. The topological polar surface area (TPSA) is 42.0 Å². The molecule has 0 radical (unpaired) electrons. The molecule has 2 aromatic carbocycles. The molecule has 5 heteroatoms. The quantitative estimate of drug-likeness (QED) is 0.600. The number of halogens is 1. The molecule has 3 aromatic rings. The first-order valence-electron chi connectivity index (χ1n) is 7.58. The number of hydrogen-bond acceptors (Lipinski definition) is 3. The number of carbonyl (C=O) groups excluding carboxylic acids is 1.